The van der Waals surface area contributed by atoms with Crippen molar-refractivity contribution >= 4 is 40.1 Å². The number of aliphatic hydroxyl groups is 1. The highest BCUT2D eigenvalue weighted by atomic mass is 19.4. The van der Waals surface area contributed by atoms with Gasteiger partial charge in [0, 0.05) is 35.8 Å². The molecule has 4 N–H and O–H groups in total. The first-order chi connectivity index (χ1) is 18.4. The SMILES string of the molecule is Cc1cc(N2CCO[C@H]([C@@](C)(O)C(=O)Nc3ccc4c(N)noc4c3)C2=O)nn1-c1ccnc(C(F)(F)F)n1. The molecule has 204 valence electrons. The van der Waals surface area contributed by atoms with Gasteiger partial charge in [-0.05, 0) is 26.0 Å². The number of carbonyl (C=O) groups excluding carboxylic acids is 2. The van der Waals surface area contributed by atoms with Crippen molar-refractivity contribution in [2.75, 3.05) is 29.1 Å². The minimum absolute atomic E-state index is 0.0185. The Hall–Kier alpha value is -4.57. The van der Waals surface area contributed by atoms with E-state index < -0.39 is 35.5 Å². The number of nitrogen functional groups attached to an aromatic ring is 1. The summed E-state index contributed by atoms with van der Waals surface area (Å²) in [6.45, 7) is 2.66. The van der Waals surface area contributed by atoms with Crippen molar-refractivity contribution in [1.82, 2.24) is 24.9 Å². The molecule has 1 aromatic carbocycles. The van der Waals surface area contributed by atoms with Gasteiger partial charge >= 0.3 is 6.18 Å². The number of nitrogens with two attached hydrogens (primary N) is 1. The predicted molar refractivity (Wildman–Crippen MR) is 129 cm³/mol. The average molecular weight is 546 g/mol. The average Bonchev–Trinajstić information content (AvgIpc) is 3.45. The van der Waals surface area contributed by atoms with Gasteiger partial charge in [0.1, 0.15) is 0 Å². The number of aryl methyl sites for hydroxylation is 1. The Balaban J connectivity index is 1.37. The summed E-state index contributed by atoms with van der Waals surface area (Å²) in [6, 6.07) is 7.25. The van der Waals surface area contributed by atoms with Crippen LogP contribution in [-0.2, 0) is 20.5 Å². The van der Waals surface area contributed by atoms with Gasteiger partial charge in [-0.3, -0.25) is 14.5 Å². The monoisotopic (exact) mass is 546 g/mol. The second kappa shape index (κ2) is 9.32. The lowest BCUT2D eigenvalue weighted by Gasteiger charge is -2.37. The molecule has 2 amide bonds. The number of carbonyl (C=O) groups is 2. The Kier molecular flexibility index (Phi) is 6.22. The maximum absolute atomic E-state index is 13.3. The lowest BCUT2D eigenvalue weighted by atomic mass is 9.95. The highest BCUT2D eigenvalue weighted by Gasteiger charge is 2.49. The lowest BCUT2D eigenvalue weighted by molar-refractivity contribution is -0.165. The van der Waals surface area contributed by atoms with Gasteiger partial charge in [-0.25, -0.2) is 14.6 Å². The molecule has 4 heterocycles. The number of hydrogen-bond acceptors (Lipinski definition) is 10. The predicted octanol–water partition coefficient (Wildman–Crippen LogP) is 1.83. The Labute approximate surface area is 217 Å². The van der Waals surface area contributed by atoms with Crippen LogP contribution in [0.15, 0.2) is 41.1 Å². The molecule has 16 heteroatoms. The summed E-state index contributed by atoms with van der Waals surface area (Å²) in [7, 11) is 0. The van der Waals surface area contributed by atoms with Crippen molar-refractivity contribution in [3.63, 3.8) is 0 Å². The van der Waals surface area contributed by atoms with Crippen LogP contribution in [0.4, 0.5) is 30.5 Å². The molecule has 0 radical (unpaired) electrons. The van der Waals surface area contributed by atoms with Gasteiger partial charge in [0.25, 0.3) is 11.8 Å². The molecule has 0 unspecified atom stereocenters. The number of ether oxygens (including phenoxy) is 1. The first-order valence-electron chi connectivity index (χ1n) is 11.5. The number of nitrogens with zero attached hydrogens (tertiary/aromatic N) is 6. The standard InChI is InChI=1S/C23H21F3N8O5/c1-11-9-16(31-34(11)15-5-6-28-20(30-15)23(24,25)26)33-7-8-38-17(19(33)35)22(2,37)21(36)29-12-3-4-13-14(10-12)39-32-18(13)27/h3-6,9-10,17,37H,7-8H2,1-2H3,(H2,27,32)(H,29,36)/t17-,22+/m0/s1. The van der Waals surface area contributed by atoms with E-state index in [0.29, 0.717) is 16.7 Å². The summed E-state index contributed by atoms with van der Waals surface area (Å²) in [5.41, 5.74) is 4.30. The van der Waals surface area contributed by atoms with E-state index in [4.69, 9.17) is 15.0 Å². The second-order valence-electron chi connectivity index (χ2n) is 8.91. The maximum atomic E-state index is 13.3. The van der Waals surface area contributed by atoms with E-state index in [2.05, 4.69) is 25.5 Å². The lowest BCUT2D eigenvalue weighted by Crippen LogP contribution is -2.61. The topological polar surface area (TPSA) is 175 Å². The number of morpholine rings is 1. The number of halogens is 3. The van der Waals surface area contributed by atoms with Gasteiger partial charge in [-0.2, -0.15) is 13.2 Å². The molecule has 1 aliphatic heterocycles. The molecule has 2 atom stereocenters. The van der Waals surface area contributed by atoms with Crippen molar-refractivity contribution in [2.45, 2.75) is 31.7 Å². The number of alkyl halides is 3. The van der Waals surface area contributed by atoms with Crippen LogP contribution >= 0.6 is 0 Å². The smallest absolute Gasteiger partial charge is 0.380 e. The zero-order chi connectivity index (χ0) is 28.1. The van der Waals surface area contributed by atoms with Gasteiger partial charge in [0.2, 0.25) is 5.82 Å². The summed E-state index contributed by atoms with van der Waals surface area (Å²) in [6.07, 6.45) is -5.42. The summed E-state index contributed by atoms with van der Waals surface area (Å²) >= 11 is 0. The molecule has 13 nitrogen and oxygen atoms in total. The van der Waals surface area contributed by atoms with Crippen LogP contribution in [0.5, 0.6) is 0 Å². The molecule has 1 fully saturated rings. The minimum atomic E-state index is -4.76. The molecule has 0 bridgehead atoms. The van der Waals surface area contributed by atoms with Crippen LogP contribution in [0.25, 0.3) is 16.8 Å². The van der Waals surface area contributed by atoms with Gasteiger partial charge in [-0.15, -0.1) is 5.10 Å². The molecule has 0 spiro atoms. The first-order valence-corrected chi connectivity index (χ1v) is 11.5. The molecule has 5 rings (SSSR count). The largest absolute Gasteiger partial charge is 0.451 e. The van der Waals surface area contributed by atoms with E-state index in [1.54, 1.807) is 13.0 Å². The van der Waals surface area contributed by atoms with E-state index in [0.717, 1.165) is 17.8 Å². The van der Waals surface area contributed by atoms with Crippen molar-refractivity contribution < 1.29 is 37.1 Å². The van der Waals surface area contributed by atoms with E-state index >= 15 is 0 Å². The van der Waals surface area contributed by atoms with Gasteiger partial charge in [0.05, 0.1) is 18.5 Å². The van der Waals surface area contributed by atoms with Gasteiger partial charge in [-0.1, -0.05) is 5.16 Å². The van der Waals surface area contributed by atoms with Crippen molar-refractivity contribution in [1.29, 1.82) is 0 Å². The van der Waals surface area contributed by atoms with Crippen LogP contribution in [0.3, 0.4) is 0 Å². The highest BCUT2D eigenvalue weighted by Crippen LogP contribution is 2.29. The number of nitrogens with one attached hydrogen (secondary N) is 1. The number of fused-ring (bicyclic) bond motifs is 1. The Morgan fingerprint density at radius 3 is 2.74 bits per heavy atom. The number of amides is 2. The molecule has 1 aliphatic rings. The van der Waals surface area contributed by atoms with Gasteiger partial charge in [0.15, 0.2) is 34.7 Å². The van der Waals surface area contributed by atoms with E-state index in [9.17, 15) is 27.9 Å². The number of aromatic nitrogens is 5. The minimum Gasteiger partial charge on any atom is -0.380 e. The third-order valence-electron chi connectivity index (χ3n) is 6.08. The Morgan fingerprint density at radius 2 is 2.00 bits per heavy atom. The molecule has 0 aliphatic carbocycles. The summed E-state index contributed by atoms with van der Waals surface area (Å²) in [5, 5.41) is 22.0. The molecule has 0 saturated carbocycles. The van der Waals surface area contributed by atoms with Crippen LogP contribution in [0.1, 0.15) is 18.4 Å². The molecular formula is C23H21F3N8O5. The normalized spacial score (nSPS) is 17.8. The zero-order valence-corrected chi connectivity index (χ0v) is 20.4. The van der Waals surface area contributed by atoms with Crippen LogP contribution in [-0.4, -0.2) is 66.7 Å². The number of anilines is 3. The van der Waals surface area contributed by atoms with Crippen LogP contribution in [0, 0.1) is 6.92 Å². The number of rotatable bonds is 5. The van der Waals surface area contributed by atoms with Crippen molar-refractivity contribution in [2.24, 2.45) is 0 Å². The highest BCUT2D eigenvalue weighted by molar-refractivity contribution is 6.06. The van der Waals surface area contributed by atoms with E-state index in [1.807, 2.05) is 0 Å². The molecule has 3 aromatic heterocycles. The van der Waals surface area contributed by atoms with Crippen molar-refractivity contribution in [3.05, 3.63) is 48.0 Å². The van der Waals surface area contributed by atoms with E-state index in [1.165, 1.54) is 29.2 Å². The molecular weight excluding hydrogens is 525 g/mol. The third-order valence-corrected chi connectivity index (χ3v) is 6.08. The van der Waals surface area contributed by atoms with Crippen LogP contribution in [0.2, 0.25) is 0 Å². The summed E-state index contributed by atoms with van der Waals surface area (Å²) < 4.78 is 50.9. The molecule has 39 heavy (non-hydrogen) atoms. The Bertz CT molecular complexity index is 1580. The van der Waals surface area contributed by atoms with E-state index in [-0.39, 0.29) is 36.3 Å². The van der Waals surface area contributed by atoms with Crippen LogP contribution < -0.4 is 16.0 Å². The molecule has 1 saturated heterocycles. The summed E-state index contributed by atoms with van der Waals surface area (Å²) in [5.74, 6) is -2.96. The van der Waals surface area contributed by atoms with Gasteiger partial charge < -0.3 is 25.4 Å². The first kappa shape index (κ1) is 26.1. The third kappa shape index (κ3) is 4.74. The maximum Gasteiger partial charge on any atom is 0.451 e. The Morgan fingerprint density at radius 1 is 1.23 bits per heavy atom. The molecule has 4 aromatic rings. The fourth-order valence-corrected chi connectivity index (χ4v) is 4.05. The fourth-order valence-electron chi connectivity index (χ4n) is 4.05. The second-order valence-corrected chi connectivity index (χ2v) is 8.91. The zero-order valence-electron chi connectivity index (χ0n) is 20.4. The number of hydrogen-bond donors (Lipinski definition) is 3. The fraction of sp³-hybridized carbons (Fsp3) is 0.304. The quantitative estimate of drug-likeness (QED) is 0.335. The summed E-state index contributed by atoms with van der Waals surface area (Å²) in [4.78, 5) is 34.3. The number of benzene rings is 1. The van der Waals surface area contributed by atoms with Crippen molar-refractivity contribution in [3.8, 4) is 5.82 Å².